The largest absolute Gasteiger partial charge is 0.488 e. The van der Waals surface area contributed by atoms with Crippen molar-refractivity contribution in [1.29, 1.82) is 0 Å². The van der Waals surface area contributed by atoms with E-state index in [4.69, 9.17) is 16.3 Å². The van der Waals surface area contributed by atoms with E-state index in [0.717, 1.165) is 5.56 Å². The summed E-state index contributed by atoms with van der Waals surface area (Å²) >= 11 is 5.87. The molecule has 0 bridgehead atoms. The normalized spacial score (nSPS) is 10.6. The molecule has 0 fully saturated rings. The number of halogens is 2. The first-order valence-corrected chi connectivity index (χ1v) is 9.25. The number of anilines is 1. The van der Waals surface area contributed by atoms with Crippen LogP contribution in [0.15, 0.2) is 77.9 Å². The van der Waals surface area contributed by atoms with Crippen LogP contribution in [0.5, 0.6) is 5.75 Å². The number of para-hydroxylation sites is 1. The minimum atomic E-state index is -0.963. The van der Waals surface area contributed by atoms with Gasteiger partial charge in [-0.3, -0.25) is 9.59 Å². The molecule has 0 saturated carbocycles. The number of ether oxygens (including phenoxy) is 1. The van der Waals surface area contributed by atoms with Crippen LogP contribution in [0.4, 0.5) is 10.1 Å². The van der Waals surface area contributed by atoms with Crippen molar-refractivity contribution in [3.63, 3.8) is 0 Å². The number of nitrogens with zero attached hydrogens (tertiary/aromatic N) is 1. The molecule has 0 aliphatic carbocycles. The maximum absolute atomic E-state index is 12.9. The Morgan fingerprint density at radius 2 is 1.67 bits per heavy atom. The van der Waals surface area contributed by atoms with E-state index in [-0.39, 0.29) is 0 Å². The molecule has 8 heteroatoms. The van der Waals surface area contributed by atoms with Gasteiger partial charge in [-0.2, -0.15) is 5.10 Å². The Kier molecular flexibility index (Phi) is 7.13. The van der Waals surface area contributed by atoms with Gasteiger partial charge in [0.1, 0.15) is 18.2 Å². The summed E-state index contributed by atoms with van der Waals surface area (Å²) in [5.74, 6) is -1.78. The number of rotatable bonds is 6. The van der Waals surface area contributed by atoms with Crippen LogP contribution in [0.3, 0.4) is 0 Å². The second kappa shape index (κ2) is 10.2. The molecule has 3 aromatic carbocycles. The minimum Gasteiger partial charge on any atom is -0.488 e. The first-order chi connectivity index (χ1) is 14.5. The van der Waals surface area contributed by atoms with Gasteiger partial charge in [0.2, 0.25) is 0 Å². The number of hydrazone groups is 1. The Hall–Kier alpha value is -3.71. The Morgan fingerprint density at radius 1 is 0.967 bits per heavy atom. The van der Waals surface area contributed by atoms with Crippen molar-refractivity contribution in [3.8, 4) is 5.75 Å². The molecule has 3 rings (SSSR count). The zero-order chi connectivity index (χ0) is 21.3. The van der Waals surface area contributed by atoms with Crippen molar-refractivity contribution in [1.82, 2.24) is 5.43 Å². The predicted octanol–water partition coefficient (Wildman–Crippen LogP) is 4.15. The van der Waals surface area contributed by atoms with Gasteiger partial charge >= 0.3 is 11.8 Å². The summed E-state index contributed by atoms with van der Waals surface area (Å²) in [5.41, 5.74) is 3.99. The summed E-state index contributed by atoms with van der Waals surface area (Å²) in [6.07, 6.45) is 1.38. The van der Waals surface area contributed by atoms with Gasteiger partial charge in [-0.15, -0.1) is 0 Å². The molecule has 0 radical (unpaired) electrons. The van der Waals surface area contributed by atoms with Crippen LogP contribution in [-0.2, 0) is 16.2 Å². The van der Waals surface area contributed by atoms with E-state index in [2.05, 4.69) is 15.8 Å². The van der Waals surface area contributed by atoms with Gasteiger partial charge in [-0.05, 0) is 54.1 Å². The third-order valence-corrected chi connectivity index (χ3v) is 4.16. The molecule has 2 N–H and O–H groups in total. The second-order valence-corrected chi connectivity index (χ2v) is 6.55. The molecule has 0 atom stereocenters. The van der Waals surface area contributed by atoms with Gasteiger partial charge in [-0.1, -0.05) is 35.9 Å². The maximum atomic E-state index is 12.9. The first kappa shape index (κ1) is 21.0. The summed E-state index contributed by atoms with van der Waals surface area (Å²) in [6.45, 7) is 0.328. The highest BCUT2D eigenvalue weighted by molar-refractivity contribution is 6.39. The van der Waals surface area contributed by atoms with E-state index in [1.165, 1.54) is 30.5 Å². The van der Waals surface area contributed by atoms with E-state index < -0.39 is 17.6 Å². The van der Waals surface area contributed by atoms with Crippen LogP contribution in [0.25, 0.3) is 0 Å². The van der Waals surface area contributed by atoms with E-state index in [1.807, 2.05) is 18.2 Å². The molecule has 30 heavy (non-hydrogen) atoms. The first-order valence-electron chi connectivity index (χ1n) is 8.87. The summed E-state index contributed by atoms with van der Waals surface area (Å²) in [5, 5.41) is 6.79. The van der Waals surface area contributed by atoms with Gasteiger partial charge < -0.3 is 10.1 Å². The number of nitrogens with one attached hydrogen (secondary N) is 2. The predicted molar refractivity (Wildman–Crippen MR) is 113 cm³/mol. The number of benzene rings is 3. The van der Waals surface area contributed by atoms with Gasteiger partial charge in [0.25, 0.3) is 0 Å². The third-order valence-electron chi connectivity index (χ3n) is 3.90. The molecule has 0 unspecified atom stereocenters. The fraction of sp³-hybridized carbons (Fsp3) is 0.0455. The van der Waals surface area contributed by atoms with Crippen molar-refractivity contribution in [2.75, 3.05) is 5.32 Å². The molecule has 0 saturated heterocycles. The monoisotopic (exact) mass is 425 g/mol. The molecule has 0 aliphatic rings. The number of carbonyl (C=O) groups excluding carboxylic acids is 2. The molecule has 152 valence electrons. The fourth-order valence-corrected chi connectivity index (χ4v) is 2.52. The van der Waals surface area contributed by atoms with Crippen molar-refractivity contribution >= 4 is 35.3 Å². The Bertz CT molecular complexity index is 1050. The van der Waals surface area contributed by atoms with Crippen LogP contribution in [0.1, 0.15) is 11.1 Å². The number of hydrogen-bond acceptors (Lipinski definition) is 4. The van der Waals surface area contributed by atoms with Crippen LogP contribution in [-0.4, -0.2) is 18.0 Å². The topological polar surface area (TPSA) is 79.8 Å². The Morgan fingerprint density at radius 3 is 2.40 bits per heavy atom. The summed E-state index contributed by atoms with van der Waals surface area (Å²) in [6, 6.07) is 19.4. The highest BCUT2D eigenvalue weighted by Gasteiger charge is 2.13. The summed E-state index contributed by atoms with van der Waals surface area (Å²) in [4.78, 5) is 23.7. The van der Waals surface area contributed by atoms with Crippen molar-refractivity contribution in [2.45, 2.75) is 6.61 Å². The second-order valence-electron chi connectivity index (χ2n) is 6.11. The zero-order valence-corrected chi connectivity index (χ0v) is 16.4. The Labute approximate surface area is 177 Å². The van der Waals surface area contributed by atoms with Crippen LogP contribution < -0.4 is 15.5 Å². The van der Waals surface area contributed by atoms with Crippen LogP contribution in [0.2, 0.25) is 5.02 Å². The van der Waals surface area contributed by atoms with Gasteiger partial charge in [0.15, 0.2) is 0 Å². The van der Waals surface area contributed by atoms with E-state index in [9.17, 15) is 14.0 Å². The smallest absolute Gasteiger partial charge is 0.329 e. The third kappa shape index (κ3) is 6.15. The van der Waals surface area contributed by atoms with Gasteiger partial charge in [0, 0.05) is 16.3 Å². The SMILES string of the molecule is O=C(N/N=C/c1ccccc1OCc1ccc(Cl)cc1)C(=O)Nc1ccc(F)cc1. The average molecular weight is 426 g/mol. The molecular formula is C22H17ClFN3O3. The number of carbonyl (C=O) groups is 2. The molecule has 2 amide bonds. The zero-order valence-electron chi connectivity index (χ0n) is 15.6. The van der Waals surface area contributed by atoms with E-state index in [0.29, 0.717) is 28.6 Å². The van der Waals surface area contributed by atoms with Crippen molar-refractivity contribution < 1.29 is 18.7 Å². The maximum Gasteiger partial charge on any atom is 0.329 e. The van der Waals surface area contributed by atoms with Crippen LogP contribution >= 0.6 is 11.6 Å². The number of amides is 2. The summed E-state index contributed by atoms with van der Waals surface area (Å²) in [7, 11) is 0. The average Bonchev–Trinajstić information content (AvgIpc) is 2.75. The number of hydrogen-bond donors (Lipinski definition) is 2. The highest BCUT2D eigenvalue weighted by Crippen LogP contribution is 2.18. The highest BCUT2D eigenvalue weighted by atomic mass is 35.5. The van der Waals surface area contributed by atoms with E-state index >= 15 is 0 Å². The standard InChI is InChI=1S/C22H17ClFN3O3/c23-17-7-5-15(6-8-17)14-30-20-4-2-1-3-16(20)13-25-27-22(29)21(28)26-19-11-9-18(24)10-12-19/h1-13H,14H2,(H,26,28)(H,27,29)/b25-13+. The molecule has 3 aromatic rings. The minimum absolute atomic E-state index is 0.293. The molecule has 0 aliphatic heterocycles. The lowest BCUT2D eigenvalue weighted by Gasteiger charge is -2.09. The quantitative estimate of drug-likeness (QED) is 0.354. The van der Waals surface area contributed by atoms with Crippen molar-refractivity contribution in [3.05, 3.63) is 94.8 Å². The fourth-order valence-electron chi connectivity index (χ4n) is 2.39. The van der Waals surface area contributed by atoms with E-state index in [1.54, 1.807) is 30.3 Å². The van der Waals surface area contributed by atoms with Gasteiger partial charge in [0.05, 0.1) is 6.21 Å². The molecule has 6 nitrogen and oxygen atoms in total. The Balaban J connectivity index is 1.56. The lowest BCUT2D eigenvalue weighted by Crippen LogP contribution is -2.32. The lowest BCUT2D eigenvalue weighted by atomic mass is 10.2. The molecule has 0 aromatic heterocycles. The molecule has 0 spiro atoms. The molecular weight excluding hydrogens is 409 g/mol. The van der Waals surface area contributed by atoms with Crippen LogP contribution in [0, 0.1) is 5.82 Å². The van der Waals surface area contributed by atoms with Gasteiger partial charge in [-0.25, -0.2) is 9.82 Å². The van der Waals surface area contributed by atoms with Crippen molar-refractivity contribution in [2.24, 2.45) is 5.10 Å². The lowest BCUT2D eigenvalue weighted by molar-refractivity contribution is -0.136. The molecule has 0 heterocycles. The summed E-state index contributed by atoms with van der Waals surface area (Å²) < 4.78 is 18.7.